The van der Waals surface area contributed by atoms with Crippen molar-refractivity contribution >= 4 is 11.9 Å². The number of urea groups is 1. The Hall–Kier alpha value is -2.11. The molecule has 0 saturated carbocycles. The molecule has 1 rings (SSSR count). The molecule has 0 saturated heterocycles. The molecule has 0 aromatic heterocycles. The Kier molecular flexibility index (Phi) is 5.10. The second-order valence-corrected chi connectivity index (χ2v) is 3.90. The van der Waals surface area contributed by atoms with Crippen LogP contribution in [0.25, 0.3) is 0 Å². The lowest BCUT2D eigenvalue weighted by Gasteiger charge is -2.12. The number of primary amides is 1. The van der Waals surface area contributed by atoms with Crippen molar-refractivity contribution in [1.82, 2.24) is 10.6 Å². The van der Waals surface area contributed by atoms with Crippen molar-refractivity contribution in [2.24, 2.45) is 5.73 Å². The van der Waals surface area contributed by atoms with Gasteiger partial charge in [-0.25, -0.2) is 9.18 Å². The zero-order chi connectivity index (χ0) is 13.5. The van der Waals surface area contributed by atoms with Crippen LogP contribution in [0.3, 0.4) is 0 Å². The summed E-state index contributed by atoms with van der Waals surface area (Å²) in [4.78, 5) is 22.0. The molecule has 0 aliphatic carbocycles. The van der Waals surface area contributed by atoms with Crippen molar-refractivity contribution in [3.63, 3.8) is 0 Å². The molecule has 0 bridgehead atoms. The van der Waals surface area contributed by atoms with Gasteiger partial charge in [0.1, 0.15) is 11.9 Å². The molecule has 1 aromatic carbocycles. The predicted molar refractivity (Wildman–Crippen MR) is 65.3 cm³/mol. The lowest BCUT2D eigenvalue weighted by molar-refractivity contribution is -0.122. The van der Waals surface area contributed by atoms with E-state index in [9.17, 15) is 14.0 Å². The predicted octanol–water partition coefficient (Wildman–Crippen LogP) is 0.541. The van der Waals surface area contributed by atoms with Crippen LogP contribution in [0.15, 0.2) is 24.3 Å². The Labute approximate surface area is 105 Å². The van der Waals surface area contributed by atoms with Gasteiger partial charge in [-0.05, 0) is 31.0 Å². The highest BCUT2D eigenvalue weighted by atomic mass is 19.1. The largest absolute Gasteiger partial charge is 0.354 e. The van der Waals surface area contributed by atoms with E-state index in [1.54, 1.807) is 12.1 Å². The maximum absolute atomic E-state index is 12.6. The van der Waals surface area contributed by atoms with Crippen LogP contribution < -0.4 is 16.4 Å². The minimum absolute atomic E-state index is 0.290. The summed E-state index contributed by atoms with van der Waals surface area (Å²) >= 11 is 0. The third-order valence-electron chi connectivity index (χ3n) is 2.38. The number of halogens is 1. The van der Waals surface area contributed by atoms with E-state index in [2.05, 4.69) is 10.6 Å². The van der Waals surface area contributed by atoms with Gasteiger partial charge in [-0.2, -0.15) is 0 Å². The molecule has 18 heavy (non-hydrogen) atoms. The van der Waals surface area contributed by atoms with E-state index in [1.165, 1.54) is 19.1 Å². The van der Waals surface area contributed by atoms with Gasteiger partial charge in [-0.3, -0.25) is 4.79 Å². The van der Waals surface area contributed by atoms with Crippen molar-refractivity contribution in [2.75, 3.05) is 6.54 Å². The summed E-state index contributed by atoms with van der Waals surface area (Å²) in [5.41, 5.74) is 5.82. The number of hydrogen-bond acceptors (Lipinski definition) is 2. The quantitative estimate of drug-likeness (QED) is 0.715. The molecule has 5 nitrogen and oxygen atoms in total. The van der Waals surface area contributed by atoms with Gasteiger partial charge in [-0.1, -0.05) is 12.1 Å². The summed E-state index contributed by atoms with van der Waals surface area (Å²) < 4.78 is 12.6. The molecule has 0 radical (unpaired) electrons. The summed E-state index contributed by atoms with van der Waals surface area (Å²) in [5, 5.41) is 4.92. The number of nitrogens with two attached hydrogens (primary N) is 1. The number of nitrogens with one attached hydrogen (secondary N) is 2. The molecule has 98 valence electrons. The molecular formula is C12H16FN3O2. The molecule has 0 fully saturated rings. The summed E-state index contributed by atoms with van der Waals surface area (Å²) in [7, 11) is 0. The van der Waals surface area contributed by atoms with E-state index in [4.69, 9.17) is 5.73 Å². The Morgan fingerprint density at radius 1 is 1.33 bits per heavy atom. The molecular weight excluding hydrogens is 237 g/mol. The molecule has 6 heteroatoms. The molecule has 0 aliphatic heterocycles. The van der Waals surface area contributed by atoms with Crippen molar-refractivity contribution in [2.45, 2.75) is 19.4 Å². The van der Waals surface area contributed by atoms with Crippen molar-refractivity contribution in [3.05, 3.63) is 35.6 Å². The smallest absolute Gasteiger partial charge is 0.312 e. The van der Waals surface area contributed by atoms with Gasteiger partial charge in [0.05, 0.1) is 0 Å². The zero-order valence-electron chi connectivity index (χ0n) is 10.1. The molecule has 0 aliphatic rings. The molecule has 0 spiro atoms. The maximum atomic E-state index is 12.6. The highest BCUT2D eigenvalue weighted by molar-refractivity contribution is 5.86. The fourth-order valence-corrected chi connectivity index (χ4v) is 1.41. The van der Waals surface area contributed by atoms with Gasteiger partial charge < -0.3 is 16.4 Å². The van der Waals surface area contributed by atoms with E-state index < -0.39 is 12.1 Å². The second kappa shape index (κ2) is 6.58. The average molecular weight is 253 g/mol. The number of hydrogen-bond donors (Lipinski definition) is 3. The second-order valence-electron chi connectivity index (χ2n) is 3.90. The molecule has 0 unspecified atom stereocenters. The Balaban J connectivity index is 2.31. The molecule has 1 atom stereocenters. The monoisotopic (exact) mass is 253 g/mol. The topological polar surface area (TPSA) is 84.2 Å². The first-order valence-corrected chi connectivity index (χ1v) is 5.57. The lowest BCUT2D eigenvalue weighted by Crippen LogP contribution is -2.47. The fourth-order valence-electron chi connectivity index (χ4n) is 1.41. The minimum Gasteiger partial charge on any atom is -0.354 e. The van der Waals surface area contributed by atoms with Crippen LogP contribution in [-0.2, 0) is 11.2 Å². The van der Waals surface area contributed by atoms with Gasteiger partial charge >= 0.3 is 6.03 Å². The zero-order valence-corrected chi connectivity index (χ0v) is 10.1. The molecule has 0 heterocycles. The van der Waals surface area contributed by atoms with Gasteiger partial charge in [0.25, 0.3) is 0 Å². The number of rotatable bonds is 5. The number of benzene rings is 1. The third-order valence-corrected chi connectivity index (χ3v) is 2.38. The number of carbonyl (C=O) groups excluding carboxylic acids is 2. The Morgan fingerprint density at radius 2 is 1.94 bits per heavy atom. The standard InChI is InChI=1S/C12H16FN3O2/c1-8(16-12(14)18)11(17)15-7-6-9-2-4-10(13)5-3-9/h2-5,8H,6-7H2,1H3,(H,15,17)(H3,14,16,18)/t8-/m0/s1. The first-order valence-electron chi connectivity index (χ1n) is 5.57. The third kappa shape index (κ3) is 4.82. The van der Waals surface area contributed by atoms with Crippen LogP contribution in [0.1, 0.15) is 12.5 Å². The van der Waals surface area contributed by atoms with Crippen LogP contribution in [0.2, 0.25) is 0 Å². The average Bonchev–Trinajstić information content (AvgIpc) is 2.30. The SMILES string of the molecule is C[C@H](NC(N)=O)C(=O)NCCc1ccc(F)cc1. The van der Waals surface area contributed by atoms with Crippen molar-refractivity contribution in [3.8, 4) is 0 Å². The summed E-state index contributed by atoms with van der Waals surface area (Å²) in [6.45, 7) is 1.95. The maximum Gasteiger partial charge on any atom is 0.312 e. The lowest BCUT2D eigenvalue weighted by atomic mass is 10.1. The van der Waals surface area contributed by atoms with E-state index >= 15 is 0 Å². The van der Waals surface area contributed by atoms with Gasteiger partial charge in [0.2, 0.25) is 5.91 Å². The minimum atomic E-state index is -0.740. The first kappa shape index (κ1) is 14.0. The summed E-state index contributed by atoms with van der Waals surface area (Å²) in [6.07, 6.45) is 0.593. The molecule has 4 N–H and O–H groups in total. The Bertz CT molecular complexity index is 420. The van der Waals surface area contributed by atoms with Crippen LogP contribution in [0, 0.1) is 5.82 Å². The van der Waals surface area contributed by atoms with Crippen molar-refractivity contribution in [1.29, 1.82) is 0 Å². The van der Waals surface area contributed by atoms with E-state index in [0.29, 0.717) is 13.0 Å². The van der Waals surface area contributed by atoms with Crippen LogP contribution in [-0.4, -0.2) is 24.5 Å². The summed E-state index contributed by atoms with van der Waals surface area (Å²) in [5.74, 6) is -0.599. The first-order chi connectivity index (χ1) is 8.49. The van der Waals surface area contributed by atoms with Gasteiger partial charge in [0, 0.05) is 6.54 Å². The number of amides is 3. The summed E-state index contributed by atoms with van der Waals surface area (Å²) in [6, 6.07) is 4.65. The molecule has 3 amide bonds. The highest BCUT2D eigenvalue weighted by Crippen LogP contribution is 2.02. The van der Waals surface area contributed by atoms with E-state index in [-0.39, 0.29) is 11.7 Å². The highest BCUT2D eigenvalue weighted by Gasteiger charge is 2.12. The van der Waals surface area contributed by atoms with Gasteiger partial charge in [-0.15, -0.1) is 0 Å². The van der Waals surface area contributed by atoms with E-state index in [0.717, 1.165) is 5.56 Å². The van der Waals surface area contributed by atoms with Crippen LogP contribution in [0.5, 0.6) is 0 Å². The van der Waals surface area contributed by atoms with Gasteiger partial charge in [0.15, 0.2) is 0 Å². The normalized spacial score (nSPS) is 11.7. The molecule has 1 aromatic rings. The van der Waals surface area contributed by atoms with Crippen molar-refractivity contribution < 1.29 is 14.0 Å². The van der Waals surface area contributed by atoms with E-state index in [1.807, 2.05) is 0 Å². The number of carbonyl (C=O) groups is 2. The Morgan fingerprint density at radius 3 is 2.50 bits per heavy atom. The fraction of sp³-hybridized carbons (Fsp3) is 0.333. The van der Waals surface area contributed by atoms with Crippen LogP contribution >= 0.6 is 0 Å². The van der Waals surface area contributed by atoms with Crippen LogP contribution in [0.4, 0.5) is 9.18 Å².